The minimum atomic E-state index is -0.635. The summed E-state index contributed by atoms with van der Waals surface area (Å²) < 4.78 is 0. The van der Waals surface area contributed by atoms with Crippen LogP contribution < -0.4 is 0 Å². The summed E-state index contributed by atoms with van der Waals surface area (Å²) in [5.74, 6) is -1.23. The SMILES string of the molecule is CCCCCCCCC(CCCCCC(C)CC(CCCCCCCC)C(=O)O)C(=O)O. The van der Waals surface area contributed by atoms with Gasteiger partial charge in [0.05, 0.1) is 11.8 Å². The van der Waals surface area contributed by atoms with Crippen molar-refractivity contribution in [3.8, 4) is 0 Å². The lowest BCUT2D eigenvalue weighted by atomic mass is 9.88. The fourth-order valence-electron chi connectivity index (χ4n) is 4.74. The van der Waals surface area contributed by atoms with Crippen LogP contribution in [0.1, 0.15) is 149 Å². The highest BCUT2D eigenvalue weighted by Gasteiger charge is 2.20. The second-order valence-electron chi connectivity index (χ2n) is 10.2. The van der Waals surface area contributed by atoms with Gasteiger partial charge in [-0.3, -0.25) is 9.59 Å². The Morgan fingerprint density at radius 3 is 1.31 bits per heavy atom. The molecule has 0 aromatic rings. The van der Waals surface area contributed by atoms with Gasteiger partial charge in [-0.2, -0.15) is 0 Å². The number of hydrogen-bond acceptors (Lipinski definition) is 2. The van der Waals surface area contributed by atoms with E-state index in [0.29, 0.717) is 5.92 Å². The maximum absolute atomic E-state index is 11.6. The fraction of sp³-hybridized carbons (Fsp3) is 0.929. The van der Waals surface area contributed by atoms with Crippen LogP contribution in [0.3, 0.4) is 0 Å². The topological polar surface area (TPSA) is 74.6 Å². The van der Waals surface area contributed by atoms with Crippen molar-refractivity contribution in [2.24, 2.45) is 17.8 Å². The van der Waals surface area contributed by atoms with E-state index < -0.39 is 11.9 Å². The van der Waals surface area contributed by atoms with Gasteiger partial charge in [-0.25, -0.2) is 0 Å². The summed E-state index contributed by atoms with van der Waals surface area (Å²) in [7, 11) is 0. The van der Waals surface area contributed by atoms with E-state index in [1.54, 1.807) is 0 Å². The zero-order valence-corrected chi connectivity index (χ0v) is 21.6. The van der Waals surface area contributed by atoms with Gasteiger partial charge in [0.1, 0.15) is 0 Å². The van der Waals surface area contributed by atoms with Crippen LogP contribution in [0.5, 0.6) is 0 Å². The zero-order valence-electron chi connectivity index (χ0n) is 21.6. The lowest BCUT2D eigenvalue weighted by molar-refractivity contribution is -0.143. The van der Waals surface area contributed by atoms with E-state index in [0.717, 1.165) is 77.0 Å². The van der Waals surface area contributed by atoms with Crippen molar-refractivity contribution in [1.82, 2.24) is 0 Å². The molecule has 32 heavy (non-hydrogen) atoms. The third kappa shape index (κ3) is 18.5. The Kier molecular flexibility index (Phi) is 21.0. The van der Waals surface area contributed by atoms with Crippen LogP contribution in [0.2, 0.25) is 0 Å². The van der Waals surface area contributed by atoms with Gasteiger partial charge in [0.25, 0.3) is 0 Å². The van der Waals surface area contributed by atoms with Gasteiger partial charge < -0.3 is 10.2 Å². The molecule has 2 N–H and O–H groups in total. The average molecular weight is 455 g/mol. The molecule has 4 heteroatoms. The lowest BCUT2D eigenvalue weighted by Gasteiger charge is -2.18. The van der Waals surface area contributed by atoms with Crippen LogP contribution in [0.15, 0.2) is 0 Å². The van der Waals surface area contributed by atoms with Gasteiger partial charge >= 0.3 is 11.9 Å². The van der Waals surface area contributed by atoms with Gasteiger partial charge in [0.15, 0.2) is 0 Å². The summed E-state index contributed by atoms with van der Waals surface area (Å²) in [6, 6.07) is 0. The summed E-state index contributed by atoms with van der Waals surface area (Å²) in [6.45, 7) is 6.60. The van der Waals surface area contributed by atoms with E-state index in [1.807, 2.05) is 0 Å². The largest absolute Gasteiger partial charge is 0.481 e. The van der Waals surface area contributed by atoms with E-state index in [2.05, 4.69) is 20.8 Å². The molecule has 0 bridgehead atoms. The normalized spacial score (nSPS) is 14.2. The minimum absolute atomic E-state index is 0.188. The highest BCUT2D eigenvalue weighted by molar-refractivity contribution is 5.70. The maximum Gasteiger partial charge on any atom is 0.306 e. The molecule has 0 saturated heterocycles. The molecule has 0 radical (unpaired) electrons. The number of aliphatic carboxylic acids is 2. The first-order valence-electron chi connectivity index (χ1n) is 13.9. The maximum atomic E-state index is 11.6. The quantitative estimate of drug-likeness (QED) is 0.143. The molecule has 190 valence electrons. The highest BCUT2D eigenvalue weighted by Crippen LogP contribution is 2.25. The molecule has 0 aliphatic rings. The van der Waals surface area contributed by atoms with Crippen LogP contribution in [-0.4, -0.2) is 22.2 Å². The Hall–Kier alpha value is -1.06. The highest BCUT2D eigenvalue weighted by atomic mass is 16.4. The molecule has 0 aromatic heterocycles. The first kappa shape index (κ1) is 30.9. The van der Waals surface area contributed by atoms with Crippen molar-refractivity contribution in [3.63, 3.8) is 0 Å². The second-order valence-corrected chi connectivity index (χ2v) is 10.2. The molecule has 0 rings (SSSR count). The first-order valence-corrected chi connectivity index (χ1v) is 13.9. The second kappa shape index (κ2) is 21.8. The molecule has 0 aliphatic carbocycles. The van der Waals surface area contributed by atoms with Crippen LogP contribution in [-0.2, 0) is 9.59 Å². The molecular formula is C28H54O4. The van der Waals surface area contributed by atoms with Crippen LogP contribution in [0.4, 0.5) is 0 Å². The molecule has 0 aliphatic heterocycles. The Labute approximate surface area is 199 Å². The summed E-state index contributed by atoms with van der Waals surface area (Å²) in [4.78, 5) is 23.1. The number of carbonyl (C=O) groups is 2. The van der Waals surface area contributed by atoms with Gasteiger partial charge in [-0.15, -0.1) is 0 Å². The van der Waals surface area contributed by atoms with Crippen molar-refractivity contribution in [3.05, 3.63) is 0 Å². The Morgan fingerprint density at radius 2 is 0.875 bits per heavy atom. The number of hydrogen-bond donors (Lipinski definition) is 2. The average Bonchev–Trinajstić information content (AvgIpc) is 2.75. The van der Waals surface area contributed by atoms with Gasteiger partial charge in [0.2, 0.25) is 0 Å². The van der Waals surface area contributed by atoms with Crippen LogP contribution >= 0.6 is 0 Å². The van der Waals surface area contributed by atoms with Crippen molar-refractivity contribution >= 4 is 11.9 Å². The first-order chi connectivity index (χ1) is 15.4. The third-order valence-corrected chi connectivity index (χ3v) is 6.95. The summed E-state index contributed by atoms with van der Waals surface area (Å²) in [5, 5.41) is 19.0. The number of carboxylic acids is 2. The van der Waals surface area contributed by atoms with Gasteiger partial charge in [-0.05, 0) is 31.6 Å². The summed E-state index contributed by atoms with van der Waals surface area (Å²) in [6.07, 6.45) is 21.8. The van der Waals surface area contributed by atoms with E-state index in [-0.39, 0.29) is 11.8 Å². The molecule has 3 atom stereocenters. The van der Waals surface area contributed by atoms with Gasteiger partial charge in [0, 0.05) is 0 Å². The zero-order chi connectivity index (χ0) is 24.0. The molecule has 0 fully saturated rings. The molecule has 3 unspecified atom stereocenters. The minimum Gasteiger partial charge on any atom is -0.481 e. The van der Waals surface area contributed by atoms with Crippen molar-refractivity contribution in [2.45, 2.75) is 149 Å². The van der Waals surface area contributed by atoms with Crippen molar-refractivity contribution < 1.29 is 19.8 Å². The predicted octanol–water partition coefficient (Wildman–Crippen LogP) is 8.87. The van der Waals surface area contributed by atoms with Crippen LogP contribution in [0.25, 0.3) is 0 Å². The molecule has 0 heterocycles. The summed E-state index contributed by atoms with van der Waals surface area (Å²) in [5.41, 5.74) is 0. The number of carboxylic acid groups (broad SMARTS) is 2. The molecule has 4 nitrogen and oxygen atoms in total. The Bertz CT molecular complexity index is 449. The monoisotopic (exact) mass is 454 g/mol. The molecule has 0 aromatic carbocycles. The van der Waals surface area contributed by atoms with E-state index >= 15 is 0 Å². The van der Waals surface area contributed by atoms with Gasteiger partial charge in [-0.1, -0.05) is 124 Å². The van der Waals surface area contributed by atoms with Crippen molar-refractivity contribution in [1.29, 1.82) is 0 Å². The predicted molar refractivity (Wildman–Crippen MR) is 135 cm³/mol. The number of unbranched alkanes of at least 4 members (excludes halogenated alkanes) is 12. The summed E-state index contributed by atoms with van der Waals surface area (Å²) >= 11 is 0. The van der Waals surface area contributed by atoms with Crippen LogP contribution in [0, 0.1) is 17.8 Å². The number of rotatable bonds is 24. The molecule has 0 spiro atoms. The Balaban J connectivity index is 3.94. The smallest absolute Gasteiger partial charge is 0.306 e. The lowest BCUT2D eigenvalue weighted by Crippen LogP contribution is -2.17. The van der Waals surface area contributed by atoms with E-state index in [1.165, 1.54) is 51.4 Å². The Morgan fingerprint density at radius 1 is 0.531 bits per heavy atom. The third-order valence-electron chi connectivity index (χ3n) is 6.95. The van der Waals surface area contributed by atoms with Crippen molar-refractivity contribution in [2.75, 3.05) is 0 Å². The fourth-order valence-corrected chi connectivity index (χ4v) is 4.74. The molecule has 0 amide bonds. The molecular weight excluding hydrogens is 400 g/mol. The standard InChI is InChI=1S/C28H54O4/c1-4-6-8-10-12-16-20-25(27(29)30)21-18-14-15-19-24(3)23-26(28(31)32)22-17-13-11-9-7-5-2/h24-26H,4-23H2,1-3H3,(H,29,30)(H,31,32). The molecule has 0 saturated carbocycles. The van der Waals surface area contributed by atoms with E-state index in [9.17, 15) is 19.8 Å². The van der Waals surface area contributed by atoms with E-state index in [4.69, 9.17) is 0 Å².